The van der Waals surface area contributed by atoms with Crippen molar-refractivity contribution in [2.45, 2.75) is 52.4 Å². The highest BCUT2D eigenvalue weighted by Crippen LogP contribution is 2.34. The van der Waals surface area contributed by atoms with Gasteiger partial charge >= 0.3 is 0 Å². The first kappa shape index (κ1) is 43.7. The first-order chi connectivity index (χ1) is 32.0. The normalized spacial score (nSPS) is 12.8. The van der Waals surface area contributed by atoms with Gasteiger partial charge in [0, 0.05) is 0 Å². The van der Waals surface area contributed by atoms with E-state index in [1.54, 1.807) is 0 Å². The molecule has 0 saturated carbocycles. The van der Waals surface area contributed by atoms with Crippen LogP contribution in [-0.2, 0) is 10.8 Å². The number of hydrogen-bond acceptors (Lipinski definition) is 0. The summed E-state index contributed by atoms with van der Waals surface area (Å²) in [6, 6.07) is 75.1. The van der Waals surface area contributed by atoms with Crippen LogP contribution in [-0.4, -0.2) is 0 Å². The molecule has 66 heavy (non-hydrogen) atoms. The van der Waals surface area contributed by atoms with E-state index in [1.165, 1.54) is 77.2 Å². The van der Waals surface area contributed by atoms with Crippen molar-refractivity contribution in [3.05, 3.63) is 273 Å². The molecule has 0 aliphatic carbocycles. The molecular formula is C66H58. The fraction of sp³-hybridized carbons (Fsp3) is 0.121. The number of fused-ring (bicyclic) bond motifs is 2. The molecule has 0 unspecified atom stereocenters. The van der Waals surface area contributed by atoms with Crippen molar-refractivity contribution < 1.29 is 0 Å². The summed E-state index contributed by atoms with van der Waals surface area (Å²) in [7, 11) is 0. The Morgan fingerprint density at radius 1 is 0.273 bits per heavy atom. The van der Waals surface area contributed by atoms with E-state index in [0.29, 0.717) is 0 Å². The summed E-state index contributed by atoms with van der Waals surface area (Å²) in [6.07, 6.45) is 13.8. The van der Waals surface area contributed by atoms with Crippen LogP contribution >= 0.6 is 0 Å². The predicted molar refractivity (Wildman–Crippen MR) is 289 cm³/mol. The molecule has 0 heteroatoms. The van der Waals surface area contributed by atoms with E-state index in [-0.39, 0.29) is 10.8 Å². The van der Waals surface area contributed by atoms with Crippen LogP contribution in [0.15, 0.2) is 206 Å². The lowest BCUT2D eigenvalue weighted by atomic mass is 9.85. The van der Waals surface area contributed by atoms with Gasteiger partial charge in [-0.1, -0.05) is 248 Å². The summed E-state index contributed by atoms with van der Waals surface area (Å²) < 4.78 is 0. The van der Waals surface area contributed by atoms with Crippen LogP contribution in [0, 0.1) is 0 Å². The molecule has 0 bridgehead atoms. The third-order valence-electron chi connectivity index (χ3n) is 12.7. The Morgan fingerprint density at radius 2 is 0.576 bits per heavy atom. The minimum atomic E-state index is 0.0855. The summed E-state index contributed by atoms with van der Waals surface area (Å²) in [5.74, 6) is 0. The van der Waals surface area contributed by atoms with E-state index in [9.17, 15) is 0 Å². The van der Waals surface area contributed by atoms with Crippen LogP contribution in [0.4, 0.5) is 0 Å². The van der Waals surface area contributed by atoms with Gasteiger partial charge in [0.2, 0.25) is 0 Å². The van der Waals surface area contributed by atoms with Gasteiger partial charge in [-0.25, -0.2) is 0 Å². The van der Waals surface area contributed by atoms with Gasteiger partial charge in [-0.05, 0) is 147 Å². The quantitative estimate of drug-likeness (QED) is 0.0950. The van der Waals surface area contributed by atoms with Crippen LogP contribution in [0.1, 0.15) is 108 Å². The highest BCUT2D eigenvalue weighted by Gasteiger charge is 2.16. The van der Waals surface area contributed by atoms with E-state index in [0.717, 1.165) is 22.3 Å². The fourth-order valence-electron chi connectivity index (χ4n) is 8.78. The molecule has 0 aliphatic rings. The zero-order valence-electron chi connectivity index (χ0n) is 39.1. The monoisotopic (exact) mass is 850 g/mol. The van der Waals surface area contributed by atoms with Crippen molar-refractivity contribution in [3.63, 3.8) is 0 Å². The lowest BCUT2D eigenvalue weighted by molar-refractivity contribution is 0.590. The molecule has 9 aromatic carbocycles. The highest BCUT2D eigenvalue weighted by molar-refractivity contribution is 6.02. The van der Waals surface area contributed by atoms with Crippen molar-refractivity contribution in [1.82, 2.24) is 0 Å². The van der Waals surface area contributed by atoms with Gasteiger partial charge in [0.05, 0.1) is 0 Å². The average Bonchev–Trinajstić information content (AvgIpc) is 3.33. The molecule has 0 amide bonds. The van der Waals surface area contributed by atoms with Crippen molar-refractivity contribution in [2.75, 3.05) is 0 Å². The summed E-state index contributed by atoms with van der Waals surface area (Å²) >= 11 is 0. The summed E-state index contributed by atoms with van der Waals surface area (Å²) in [5, 5.41) is 4.92. The van der Waals surface area contributed by atoms with E-state index in [4.69, 9.17) is 0 Å². The van der Waals surface area contributed by atoms with Gasteiger partial charge in [-0.15, -0.1) is 0 Å². The van der Waals surface area contributed by atoms with E-state index in [2.05, 4.69) is 284 Å². The first-order valence-electron chi connectivity index (χ1n) is 23.2. The zero-order valence-corrected chi connectivity index (χ0v) is 39.1. The maximum atomic E-state index is 2.35. The third kappa shape index (κ3) is 10.0. The van der Waals surface area contributed by atoms with E-state index in [1.807, 2.05) is 0 Å². The fourth-order valence-corrected chi connectivity index (χ4v) is 8.78. The molecule has 0 saturated heterocycles. The molecule has 0 spiro atoms. The zero-order chi connectivity index (χ0) is 45.7. The second-order valence-corrected chi connectivity index (χ2v) is 19.5. The van der Waals surface area contributed by atoms with Gasteiger partial charge in [0.1, 0.15) is 0 Å². The first-order valence-corrected chi connectivity index (χ1v) is 23.2. The second-order valence-electron chi connectivity index (χ2n) is 19.5. The largest absolute Gasteiger partial charge is 0.0622 e. The molecule has 0 fully saturated rings. The maximum absolute atomic E-state index is 2.35. The maximum Gasteiger partial charge on any atom is -0.0105 e. The van der Waals surface area contributed by atoms with Crippen LogP contribution in [0.5, 0.6) is 0 Å². The highest BCUT2D eigenvalue weighted by atomic mass is 14.2. The smallest absolute Gasteiger partial charge is 0.0105 e. The number of benzene rings is 9. The lowest BCUT2D eigenvalue weighted by Crippen LogP contribution is -2.10. The summed E-state index contributed by atoms with van der Waals surface area (Å²) in [6.45, 7) is 13.6. The predicted octanol–water partition coefficient (Wildman–Crippen LogP) is 18.1. The Morgan fingerprint density at radius 3 is 0.939 bits per heavy atom. The molecule has 322 valence electrons. The van der Waals surface area contributed by atoms with Crippen LogP contribution in [0.2, 0.25) is 0 Å². The van der Waals surface area contributed by atoms with Gasteiger partial charge in [0.15, 0.2) is 0 Å². The molecule has 0 heterocycles. The van der Waals surface area contributed by atoms with Crippen molar-refractivity contribution in [3.8, 4) is 0 Å². The molecule has 9 aromatic rings. The third-order valence-corrected chi connectivity index (χ3v) is 12.7. The standard InChI is InChI=1S/C66H58/c1-65(2,3)61-37-33-51(34-38-61)63(49-21-9-7-10-22-49)45-55-27-15-13-19-47(55)29-31-57-43-59-41-53-25-17-18-26-54(53)42-60(59)44-58(57)32-30-48-20-14-16-28-56(48)46-64(50-23-11-8-12-24-50)52-35-39-62(40-36-52)66(4,5)6/h7-46H,1-6H3/b31-29?,32-30?,63-45-,64-46-. The van der Waals surface area contributed by atoms with E-state index < -0.39 is 0 Å². The number of hydrogen-bond donors (Lipinski definition) is 0. The molecule has 0 N–H and O–H groups in total. The Hall–Kier alpha value is -7.54. The van der Waals surface area contributed by atoms with Crippen molar-refractivity contribution in [1.29, 1.82) is 0 Å². The number of rotatable bonds is 10. The van der Waals surface area contributed by atoms with Gasteiger partial charge in [-0.2, -0.15) is 0 Å². The Labute approximate surface area is 392 Å². The van der Waals surface area contributed by atoms with Gasteiger partial charge < -0.3 is 0 Å². The molecular weight excluding hydrogens is 793 g/mol. The minimum absolute atomic E-state index is 0.0855. The van der Waals surface area contributed by atoms with E-state index >= 15 is 0 Å². The van der Waals surface area contributed by atoms with Crippen LogP contribution < -0.4 is 0 Å². The average molecular weight is 851 g/mol. The Kier molecular flexibility index (Phi) is 12.5. The van der Waals surface area contributed by atoms with Crippen LogP contribution in [0.25, 0.3) is 69.1 Å². The van der Waals surface area contributed by atoms with Crippen molar-refractivity contribution >= 4 is 69.1 Å². The SMILES string of the molecule is CC(C)(C)c1ccc(/C(=C\c2ccccc2C=Cc2cc3cc4ccccc4cc3cc2C=Cc2ccccc2/C=C(/c2ccccc2)c2ccc(C(C)(C)C)cc2)c2ccccc2)cc1. The lowest BCUT2D eigenvalue weighted by Gasteiger charge is -2.20. The molecule has 0 nitrogen and oxygen atoms in total. The van der Waals surface area contributed by atoms with Gasteiger partial charge in [-0.3, -0.25) is 0 Å². The minimum Gasteiger partial charge on any atom is -0.0622 e. The summed E-state index contributed by atoms with van der Waals surface area (Å²) in [5.41, 5.74) is 17.0. The Balaban J connectivity index is 1.13. The van der Waals surface area contributed by atoms with Crippen molar-refractivity contribution in [2.24, 2.45) is 0 Å². The molecule has 0 aromatic heterocycles. The second kappa shape index (κ2) is 18.9. The molecule has 0 aliphatic heterocycles. The van der Waals surface area contributed by atoms with Gasteiger partial charge in [0.25, 0.3) is 0 Å². The molecule has 0 radical (unpaired) electrons. The summed E-state index contributed by atoms with van der Waals surface area (Å²) in [4.78, 5) is 0. The molecule has 9 rings (SSSR count). The molecule has 0 atom stereocenters. The Bertz CT molecular complexity index is 3030. The topological polar surface area (TPSA) is 0 Å². The van der Waals surface area contributed by atoms with Crippen LogP contribution in [0.3, 0.4) is 0 Å².